The quantitative estimate of drug-likeness (QED) is 0.553. The van der Waals surface area contributed by atoms with Crippen LogP contribution in [-0.2, 0) is 16.0 Å². The monoisotopic (exact) mass is 362 g/mol. The first kappa shape index (κ1) is 20.4. The molecule has 1 aliphatic carbocycles. The fraction of sp³-hybridized carbons (Fsp3) is 0.600. The van der Waals surface area contributed by atoms with Crippen LogP contribution in [0.5, 0.6) is 0 Å². The number of primary amides is 2. The molecule has 1 aromatic rings. The SMILES string of the molecule is CC1CC(C(N)=O)C[C@](O)([C@H](C[C@@H](O)CCc2ccccc2)C(N)=O)C1. The number of rotatable bonds is 8. The number of carbonyl (C=O) groups excluding carboxylic acids is 2. The van der Waals surface area contributed by atoms with Crippen molar-refractivity contribution in [1.82, 2.24) is 0 Å². The van der Waals surface area contributed by atoms with Gasteiger partial charge in [-0.3, -0.25) is 9.59 Å². The highest BCUT2D eigenvalue weighted by Crippen LogP contribution is 2.42. The Kier molecular flexibility index (Phi) is 6.78. The number of aliphatic hydroxyl groups is 2. The van der Waals surface area contributed by atoms with Gasteiger partial charge in [0.05, 0.1) is 17.6 Å². The molecule has 144 valence electrons. The second-order valence-electron chi connectivity index (χ2n) is 7.82. The van der Waals surface area contributed by atoms with E-state index in [-0.39, 0.29) is 18.8 Å². The van der Waals surface area contributed by atoms with E-state index in [2.05, 4.69) is 0 Å². The van der Waals surface area contributed by atoms with Gasteiger partial charge in [-0.15, -0.1) is 0 Å². The fourth-order valence-corrected chi connectivity index (χ4v) is 4.24. The summed E-state index contributed by atoms with van der Waals surface area (Å²) in [5, 5.41) is 21.5. The molecule has 0 saturated heterocycles. The van der Waals surface area contributed by atoms with Gasteiger partial charge in [0.1, 0.15) is 0 Å². The van der Waals surface area contributed by atoms with Crippen molar-refractivity contribution in [3.05, 3.63) is 35.9 Å². The molecule has 6 heteroatoms. The van der Waals surface area contributed by atoms with Crippen molar-refractivity contribution in [3.63, 3.8) is 0 Å². The lowest BCUT2D eigenvalue weighted by Gasteiger charge is -2.43. The molecule has 5 atom stereocenters. The molecule has 0 aliphatic heterocycles. The number of aliphatic hydroxyl groups excluding tert-OH is 1. The zero-order valence-electron chi connectivity index (χ0n) is 15.3. The lowest BCUT2D eigenvalue weighted by Crippen LogP contribution is -2.52. The molecule has 2 amide bonds. The summed E-state index contributed by atoms with van der Waals surface area (Å²) in [5.74, 6) is -2.45. The molecule has 2 unspecified atom stereocenters. The number of amides is 2. The first-order chi connectivity index (χ1) is 12.2. The van der Waals surface area contributed by atoms with Crippen molar-refractivity contribution in [2.45, 2.75) is 57.2 Å². The number of hydrogen-bond donors (Lipinski definition) is 4. The predicted octanol–water partition coefficient (Wildman–Crippen LogP) is 1.12. The lowest BCUT2D eigenvalue weighted by molar-refractivity contribution is -0.147. The molecule has 0 aromatic heterocycles. The van der Waals surface area contributed by atoms with E-state index in [4.69, 9.17) is 11.5 Å². The van der Waals surface area contributed by atoms with E-state index in [0.29, 0.717) is 25.7 Å². The van der Waals surface area contributed by atoms with Crippen LogP contribution >= 0.6 is 0 Å². The minimum Gasteiger partial charge on any atom is -0.393 e. The molecule has 2 rings (SSSR count). The van der Waals surface area contributed by atoms with Crippen LogP contribution in [0.4, 0.5) is 0 Å². The van der Waals surface area contributed by atoms with Gasteiger partial charge in [0.15, 0.2) is 0 Å². The summed E-state index contributed by atoms with van der Waals surface area (Å²) in [6.07, 6.45) is 1.55. The van der Waals surface area contributed by atoms with Crippen molar-refractivity contribution >= 4 is 11.8 Å². The van der Waals surface area contributed by atoms with Crippen molar-refractivity contribution in [2.75, 3.05) is 0 Å². The van der Waals surface area contributed by atoms with Crippen molar-refractivity contribution in [3.8, 4) is 0 Å². The number of carbonyl (C=O) groups is 2. The zero-order valence-corrected chi connectivity index (χ0v) is 15.3. The predicted molar refractivity (Wildman–Crippen MR) is 98.7 cm³/mol. The van der Waals surface area contributed by atoms with E-state index in [1.54, 1.807) is 0 Å². The average Bonchev–Trinajstić information content (AvgIpc) is 2.57. The third-order valence-corrected chi connectivity index (χ3v) is 5.50. The van der Waals surface area contributed by atoms with Crippen LogP contribution in [0.15, 0.2) is 30.3 Å². The van der Waals surface area contributed by atoms with Gasteiger partial charge in [-0.25, -0.2) is 0 Å². The number of hydrogen-bond acceptors (Lipinski definition) is 4. The number of aryl methyl sites for hydroxylation is 1. The molecule has 1 aromatic carbocycles. The summed E-state index contributed by atoms with van der Waals surface area (Å²) in [7, 11) is 0. The molecule has 26 heavy (non-hydrogen) atoms. The van der Waals surface area contributed by atoms with Crippen molar-refractivity contribution in [2.24, 2.45) is 29.2 Å². The Balaban J connectivity index is 2.04. The largest absolute Gasteiger partial charge is 0.393 e. The van der Waals surface area contributed by atoms with Gasteiger partial charge in [0.25, 0.3) is 0 Å². The molecule has 1 fully saturated rings. The third-order valence-electron chi connectivity index (χ3n) is 5.50. The Morgan fingerprint density at radius 3 is 2.46 bits per heavy atom. The smallest absolute Gasteiger partial charge is 0.223 e. The normalized spacial score (nSPS) is 28.3. The van der Waals surface area contributed by atoms with Gasteiger partial charge >= 0.3 is 0 Å². The third kappa shape index (κ3) is 5.29. The average molecular weight is 362 g/mol. The second-order valence-corrected chi connectivity index (χ2v) is 7.82. The fourth-order valence-electron chi connectivity index (χ4n) is 4.24. The van der Waals surface area contributed by atoms with Crippen LogP contribution in [0.1, 0.15) is 44.6 Å². The highest BCUT2D eigenvalue weighted by molar-refractivity contribution is 5.79. The molecule has 0 bridgehead atoms. The summed E-state index contributed by atoms with van der Waals surface area (Å²) in [6, 6.07) is 9.75. The molecule has 0 heterocycles. The van der Waals surface area contributed by atoms with Gasteiger partial charge in [-0.05, 0) is 50.0 Å². The number of benzene rings is 1. The van der Waals surface area contributed by atoms with Gasteiger partial charge in [0.2, 0.25) is 11.8 Å². The topological polar surface area (TPSA) is 127 Å². The van der Waals surface area contributed by atoms with Gasteiger partial charge in [0, 0.05) is 5.92 Å². The Morgan fingerprint density at radius 1 is 1.23 bits per heavy atom. The first-order valence-corrected chi connectivity index (χ1v) is 9.24. The number of nitrogens with two attached hydrogens (primary N) is 2. The van der Waals surface area contributed by atoms with E-state index in [0.717, 1.165) is 5.56 Å². The Morgan fingerprint density at radius 2 is 1.88 bits per heavy atom. The van der Waals surface area contributed by atoms with Crippen LogP contribution < -0.4 is 11.5 Å². The van der Waals surface area contributed by atoms with Gasteiger partial charge < -0.3 is 21.7 Å². The minimum absolute atomic E-state index is 0.0505. The summed E-state index contributed by atoms with van der Waals surface area (Å²) in [5.41, 5.74) is 10.7. The Labute approximate surface area is 154 Å². The summed E-state index contributed by atoms with van der Waals surface area (Å²) >= 11 is 0. The van der Waals surface area contributed by atoms with Gasteiger partial charge in [-0.2, -0.15) is 0 Å². The molecular weight excluding hydrogens is 332 g/mol. The second kappa shape index (κ2) is 8.64. The molecular formula is C20H30N2O4. The van der Waals surface area contributed by atoms with Crippen LogP contribution in [-0.4, -0.2) is 33.7 Å². The van der Waals surface area contributed by atoms with E-state index in [1.807, 2.05) is 37.3 Å². The Hall–Kier alpha value is -1.92. The standard InChI is InChI=1S/C20H30N2O4/c1-13-9-15(18(21)24)12-20(26,11-13)17(19(22)25)10-16(23)8-7-14-5-3-2-4-6-14/h2-6,13,15-17,23,26H,7-12H2,1H3,(H2,21,24)(H2,22,25)/t13?,15?,16-,17+,20-/m0/s1. The molecule has 1 saturated carbocycles. The molecule has 0 radical (unpaired) electrons. The van der Waals surface area contributed by atoms with Crippen molar-refractivity contribution in [1.29, 1.82) is 0 Å². The van der Waals surface area contributed by atoms with Crippen LogP contribution in [0.25, 0.3) is 0 Å². The molecule has 6 N–H and O–H groups in total. The Bertz CT molecular complexity index is 621. The van der Waals surface area contributed by atoms with Crippen LogP contribution in [0.3, 0.4) is 0 Å². The van der Waals surface area contributed by atoms with Crippen molar-refractivity contribution < 1.29 is 19.8 Å². The highest BCUT2D eigenvalue weighted by Gasteiger charge is 2.47. The first-order valence-electron chi connectivity index (χ1n) is 9.24. The summed E-state index contributed by atoms with van der Waals surface area (Å²) < 4.78 is 0. The van der Waals surface area contributed by atoms with E-state index < -0.39 is 35.4 Å². The zero-order chi connectivity index (χ0) is 19.3. The molecule has 6 nitrogen and oxygen atoms in total. The van der Waals surface area contributed by atoms with Crippen LogP contribution in [0, 0.1) is 17.8 Å². The molecule has 0 spiro atoms. The molecule has 1 aliphatic rings. The maximum absolute atomic E-state index is 12.0. The lowest BCUT2D eigenvalue weighted by atomic mass is 9.66. The summed E-state index contributed by atoms with van der Waals surface area (Å²) in [4.78, 5) is 23.6. The maximum Gasteiger partial charge on any atom is 0.223 e. The van der Waals surface area contributed by atoms with E-state index in [1.165, 1.54) is 0 Å². The maximum atomic E-state index is 12.0. The van der Waals surface area contributed by atoms with E-state index >= 15 is 0 Å². The van der Waals surface area contributed by atoms with Crippen LogP contribution in [0.2, 0.25) is 0 Å². The minimum atomic E-state index is -1.41. The summed E-state index contributed by atoms with van der Waals surface area (Å²) in [6.45, 7) is 1.92. The highest BCUT2D eigenvalue weighted by atomic mass is 16.3. The van der Waals surface area contributed by atoms with Gasteiger partial charge in [-0.1, -0.05) is 37.3 Å². The van der Waals surface area contributed by atoms with E-state index in [9.17, 15) is 19.8 Å².